The average Bonchev–Trinajstić information content (AvgIpc) is 2.53. The van der Waals surface area contributed by atoms with Crippen LogP contribution in [0.25, 0.3) is 0 Å². The second-order valence-electron chi connectivity index (χ2n) is 5.96. The second-order valence-corrected chi connectivity index (χ2v) is 5.96. The predicted octanol–water partition coefficient (Wildman–Crippen LogP) is 3.03. The standard InChI is InChI=1S/C17H27N3O2/c1-4-12-22-16-7-5-6-15(13-16)18-14-8-10-20(11-9-14)17(21)19(2)3/h5-7,13-14,18H,4,8-12H2,1-3H3. The van der Waals surface area contributed by atoms with E-state index in [-0.39, 0.29) is 6.03 Å². The Morgan fingerprint density at radius 2 is 2.09 bits per heavy atom. The molecule has 0 saturated carbocycles. The van der Waals surface area contributed by atoms with Crippen molar-refractivity contribution in [2.45, 2.75) is 32.2 Å². The van der Waals surface area contributed by atoms with Crippen LogP contribution < -0.4 is 10.1 Å². The molecule has 1 fully saturated rings. The minimum Gasteiger partial charge on any atom is -0.494 e. The molecule has 0 bridgehead atoms. The van der Waals surface area contributed by atoms with E-state index in [0.717, 1.165) is 50.4 Å². The number of hydrogen-bond donors (Lipinski definition) is 1. The third-order valence-corrected chi connectivity index (χ3v) is 3.83. The normalized spacial score (nSPS) is 15.5. The Bertz CT molecular complexity index is 483. The van der Waals surface area contributed by atoms with E-state index in [0.29, 0.717) is 6.04 Å². The van der Waals surface area contributed by atoms with Gasteiger partial charge in [-0.25, -0.2) is 4.79 Å². The molecule has 2 amide bonds. The van der Waals surface area contributed by atoms with E-state index in [4.69, 9.17) is 4.74 Å². The molecule has 5 nitrogen and oxygen atoms in total. The molecule has 1 N–H and O–H groups in total. The van der Waals surface area contributed by atoms with Crippen molar-refractivity contribution in [3.8, 4) is 5.75 Å². The molecule has 1 heterocycles. The number of rotatable bonds is 5. The number of carbonyl (C=O) groups excluding carboxylic acids is 1. The molecule has 1 aromatic carbocycles. The summed E-state index contributed by atoms with van der Waals surface area (Å²) in [5.41, 5.74) is 1.09. The molecule has 2 rings (SSSR count). The number of piperidine rings is 1. The van der Waals surface area contributed by atoms with Crippen molar-refractivity contribution in [3.63, 3.8) is 0 Å². The Labute approximate surface area is 133 Å². The quantitative estimate of drug-likeness (QED) is 0.909. The van der Waals surface area contributed by atoms with Crippen molar-refractivity contribution in [1.82, 2.24) is 9.80 Å². The van der Waals surface area contributed by atoms with Gasteiger partial charge < -0.3 is 19.9 Å². The molecule has 1 saturated heterocycles. The van der Waals surface area contributed by atoms with Crippen molar-refractivity contribution in [2.24, 2.45) is 0 Å². The highest BCUT2D eigenvalue weighted by molar-refractivity contribution is 5.73. The van der Waals surface area contributed by atoms with E-state index in [9.17, 15) is 4.79 Å². The number of ether oxygens (including phenoxy) is 1. The monoisotopic (exact) mass is 305 g/mol. The minimum absolute atomic E-state index is 0.105. The summed E-state index contributed by atoms with van der Waals surface area (Å²) in [6, 6.07) is 8.63. The summed E-state index contributed by atoms with van der Waals surface area (Å²) in [5.74, 6) is 0.909. The topological polar surface area (TPSA) is 44.8 Å². The van der Waals surface area contributed by atoms with Gasteiger partial charge in [-0.3, -0.25) is 0 Å². The summed E-state index contributed by atoms with van der Waals surface area (Å²) in [7, 11) is 3.60. The largest absolute Gasteiger partial charge is 0.494 e. The van der Waals surface area contributed by atoms with Crippen LogP contribution in [0.15, 0.2) is 24.3 Å². The zero-order valence-corrected chi connectivity index (χ0v) is 13.8. The highest BCUT2D eigenvalue weighted by Crippen LogP contribution is 2.21. The van der Waals surface area contributed by atoms with Gasteiger partial charge in [0.25, 0.3) is 0 Å². The zero-order valence-electron chi connectivity index (χ0n) is 13.8. The fourth-order valence-electron chi connectivity index (χ4n) is 2.63. The molecule has 0 spiro atoms. The van der Waals surface area contributed by atoms with Gasteiger partial charge in [-0.15, -0.1) is 0 Å². The van der Waals surface area contributed by atoms with Gasteiger partial charge in [0.1, 0.15) is 5.75 Å². The maximum atomic E-state index is 11.9. The second kappa shape index (κ2) is 7.92. The molecule has 1 aromatic rings. The SMILES string of the molecule is CCCOc1cccc(NC2CCN(C(=O)N(C)C)CC2)c1. The number of urea groups is 1. The van der Waals surface area contributed by atoms with Gasteiger partial charge in [0.2, 0.25) is 0 Å². The molecule has 122 valence electrons. The average molecular weight is 305 g/mol. The first kappa shape index (κ1) is 16.5. The first-order valence-electron chi connectivity index (χ1n) is 8.05. The molecule has 0 aromatic heterocycles. The number of likely N-dealkylation sites (tertiary alicyclic amines) is 1. The molecule has 0 atom stereocenters. The number of anilines is 1. The third-order valence-electron chi connectivity index (χ3n) is 3.83. The van der Waals surface area contributed by atoms with Crippen molar-refractivity contribution in [3.05, 3.63) is 24.3 Å². The van der Waals surface area contributed by atoms with Crippen LogP contribution in [-0.2, 0) is 0 Å². The fraction of sp³-hybridized carbons (Fsp3) is 0.588. The lowest BCUT2D eigenvalue weighted by Crippen LogP contribution is -2.46. The van der Waals surface area contributed by atoms with E-state index >= 15 is 0 Å². The summed E-state index contributed by atoms with van der Waals surface area (Å²) in [6.07, 6.45) is 2.95. The van der Waals surface area contributed by atoms with Gasteiger partial charge in [-0.2, -0.15) is 0 Å². The van der Waals surface area contributed by atoms with Crippen molar-refractivity contribution < 1.29 is 9.53 Å². The van der Waals surface area contributed by atoms with Crippen LogP contribution in [0.1, 0.15) is 26.2 Å². The van der Waals surface area contributed by atoms with Crippen LogP contribution in [0.4, 0.5) is 10.5 Å². The fourth-order valence-corrected chi connectivity index (χ4v) is 2.63. The number of nitrogens with one attached hydrogen (secondary N) is 1. The summed E-state index contributed by atoms with van der Waals surface area (Å²) in [4.78, 5) is 15.5. The highest BCUT2D eigenvalue weighted by atomic mass is 16.5. The molecule has 0 radical (unpaired) electrons. The van der Waals surface area contributed by atoms with Gasteiger partial charge in [0, 0.05) is 45.0 Å². The summed E-state index contributed by atoms with van der Waals surface area (Å²) in [6.45, 7) is 4.46. The van der Waals surface area contributed by atoms with E-state index in [2.05, 4.69) is 18.3 Å². The van der Waals surface area contributed by atoms with Gasteiger partial charge >= 0.3 is 6.03 Å². The van der Waals surface area contributed by atoms with Gasteiger partial charge in [-0.1, -0.05) is 13.0 Å². The van der Waals surface area contributed by atoms with E-state index in [1.54, 1.807) is 19.0 Å². The van der Waals surface area contributed by atoms with Gasteiger partial charge in [0.05, 0.1) is 6.61 Å². The zero-order chi connectivity index (χ0) is 15.9. The molecule has 0 unspecified atom stereocenters. The van der Waals surface area contributed by atoms with Crippen LogP contribution in [0.3, 0.4) is 0 Å². The van der Waals surface area contributed by atoms with Crippen molar-refractivity contribution in [2.75, 3.05) is 39.1 Å². The first-order chi connectivity index (χ1) is 10.6. The molecular weight excluding hydrogens is 278 g/mol. The number of hydrogen-bond acceptors (Lipinski definition) is 3. The highest BCUT2D eigenvalue weighted by Gasteiger charge is 2.23. The number of nitrogens with zero attached hydrogens (tertiary/aromatic N) is 2. The summed E-state index contributed by atoms with van der Waals surface area (Å²) >= 11 is 0. The van der Waals surface area contributed by atoms with Gasteiger partial charge in [-0.05, 0) is 31.4 Å². The molecule has 22 heavy (non-hydrogen) atoms. The Morgan fingerprint density at radius 3 is 2.73 bits per heavy atom. The van der Waals surface area contributed by atoms with Crippen molar-refractivity contribution in [1.29, 1.82) is 0 Å². The molecule has 0 aliphatic carbocycles. The predicted molar refractivity (Wildman–Crippen MR) is 89.5 cm³/mol. The maximum absolute atomic E-state index is 11.9. The Kier molecular flexibility index (Phi) is 5.92. The van der Waals surface area contributed by atoms with Crippen LogP contribution in [0.5, 0.6) is 5.75 Å². The lowest BCUT2D eigenvalue weighted by molar-refractivity contribution is 0.158. The lowest BCUT2D eigenvalue weighted by atomic mass is 10.0. The Balaban J connectivity index is 1.84. The van der Waals surface area contributed by atoms with Crippen LogP contribution >= 0.6 is 0 Å². The number of benzene rings is 1. The van der Waals surface area contributed by atoms with E-state index in [1.165, 1.54) is 0 Å². The molecular formula is C17H27N3O2. The molecule has 1 aliphatic heterocycles. The molecule has 5 heteroatoms. The number of carbonyl (C=O) groups is 1. The van der Waals surface area contributed by atoms with Crippen LogP contribution in [-0.4, -0.2) is 55.7 Å². The molecule has 1 aliphatic rings. The van der Waals surface area contributed by atoms with Crippen LogP contribution in [0.2, 0.25) is 0 Å². The summed E-state index contributed by atoms with van der Waals surface area (Å²) in [5, 5.41) is 3.55. The minimum atomic E-state index is 0.105. The maximum Gasteiger partial charge on any atom is 0.319 e. The Morgan fingerprint density at radius 1 is 1.36 bits per heavy atom. The first-order valence-corrected chi connectivity index (χ1v) is 8.05. The lowest BCUT2D eigenvalue weighted by Gasteiger charge is -2.34. The summed E-state index contributed by atoms with van der Waals surface area (Å²) < 4.78 is 5.66. The van der Waals surface area contributed by atoms with E-state index < -0.39 is 0 Å². The van der Waals surface area contributed by atoms with E-state index in [1.807, 2.05) is 23.1 Å². The van der Waals surface area contributed by atoms with Crippen LogP contribution in [0, 0.1) is 0 Å². The number of amides is 2. The smallest absolute Gasteiger partial charge is 0.319 e. The van der Waals surface area contributed by atoms with Crippen molar-refractivity contribution >= 4 is 11.7 Å². The third kappa shape index (κ3) is 4.55. The Hall–Kier alpha value is -1.91. The van der Waals surface area contributed by atoms with Gasteiger partial charge in [0.15, 0.2) is 0 Å².